The van der Waals surface area contributed by atoms with Gasteiger partial charge in [-0.25, -0.2) is 17.6 Å². The molecule has 9 heteroatoms. The van der Waals surface area contributed by atoms with Gasteiger partial charge in [0.25, 0.3) is 0 Å². The van der Waals surface area contributed by atoms with Gasteiger partial charge in [0.05, 0.1) is 31.1 Å². The molecule has 2 amide bonds. The second-order valence-corrected chi connectivity index (χ2v) is 9.56. The van der Waals surface area contributed by atoms with Crippen LogP contribution >= 0.6 is 0 Å². The van der Waals surface area contributed by atoms with Crippen molar-refractivity contribution >= 4 is 16.1 Å². The summed E-state index contributed by atoms with van der Waals surface area (Å²) in [7, 11) is -3.60. The molecule has 0 spiro atoms. The zero-order chi connectivity index (χ0) is 21.1. The zero-order valence-corrected chi connectivity index (χ0v) is 17.2. The van der Waals surface area contributed by atoms with Crippen molar-refractivity contribution in [1.29, 1.82) is 0 Å². The minimum absolute atomic E-state index is 0.0457. The molecule has 0 aromatic heterocycles. The second-order valence-electron chi connectivity index (χ2n) is 7.52. The lowest BCUT2D eigenvalue weighted by atomic mass is 10.1. The van der Waals surface area contributed by atoms with Crippen molar-refractivity contribution in [3.8, 4) is 0 Å². The number of sulfonamides is 1. The fourth-order valence-electron chi connectivity index (χ4n) is 3.91. The molecule has 0 bridgehead atoms. The van der Waals surface area contributed by atoms with Crippen LogP contribution in [0.4, 0.5) is 9.18 Å². The molecule has 2 aromatic carbocycles. The number of hydrogen-bond acceptors (Lipinski definition) is 4. The molecule has 2 fully saturated rings. The lowest BCUT2D eigenvalue weighted by molar-refractivity contribution is 0.0470. The van der Waals surface area contributed by atoms with E-state index in [1.807, 2.05) is 30.3 Å². The van der Waals surface area contributed by atoms with Gasteiger partial charge in [-0.1, -0.05) is 42.5 Å². The lowest BCUT2D eigenvalue weighted by Crippen LogP contribution is -2.46. The first kappa shape index (κ1) is 20.8. The van der Waals surface area contributed by atoms with E-state index in [1.165, 1.54) is 16.4 Å². The van der Waals surface area contributed by atoms with Gasteiger partial charge in [0, 0.05) is 19.6 Å². The molecule has 2 atom stereocenters. The highest BCUT2D eigenvalue weighted by atomic mass is 32.2. The number of benzene rings is 2. The maximum absolute atomic E-state index is 13.6. The molecule has 2 aromatic rings. The number of hydrogen-bond donors (Lipinski definition) is 1. The largest absolute Gasteiger partial charge is 0.374 e. The van der Waals surface area contributed by atoms with E-state index in [0.29, 0.717) is 18.7 Å². The van der Waals surface area contributed by atoms with Crippen LogP contribution in [0.15, 0.2) is 54.6 Å². The van der Waals surface area contributed by atoms with Crippen LogP contribution in [0.1, 0.15) is 11.1 Å². The molecule has 2 heterocycles. The number of rotatable bonds is 4. The molecule has 160 valence electrons. The SMILES string of the molecule is O=C(NCc1ccccc1)N1C[C@@H]2OCCS(=O)(=O)N(Cc3cccc(F)c3)[C@@H]2C1. The summed E-state index contributed by atoms with van der Waals surface area (Å²) in [5.74, 6) is -0.545. The number of ether oxygens (including phenoxy) is 1. The van der Waals surface area contributed by atoms with Crippen molar-refractivity contribution in [2.75, 3.05) is 25.4 Å². The molecule has 30 heavy (non-hydrogen) atoms. The average Bonchev–Trinajstić information content (AvgIpc) is 3.10. The third-order valence-corrected chi connectivity index (χ3v) is 7.24. The van der Waals surface area contributed by atoms with Gasteiger partial charge in [-0.2, -0.15) is 4.31 Å². The summed E-state index contributed by atoms with van der Waals surface area (Å²) in [5, 5.41) is 2.87. The number of carbonyl (C=O) groups excluding carboxylic acids is 1. The van der Waals surface area contributed by atoms with E-state index in [0.717, 1.165) is 5.56 Å². The summed E-state index contributed by atoms with van der Waals surface area (Å²) in [6.45, 7) is 1.03. The highest BCUT2D eigenvalue weighted by Crippen LogP contribution is 2.27. The van der Waals surface area contributed by atoms with E-state index < -0.39 is 28.0 Å². The second kappa shape index (κ2) is 8.71. The molecule has 4 rings (SSSR count). The molecule has 0 saturated carbocycles. The standard InChI is InChI=1S/C21H24FN3O4S/c22-18-8-4-7-17(11-18)13-25-19-14-24(15-20(19)29-9-10-30(25,27)28)21(26)23-12-16-5-2-1-3-6-16/h1-8,11,19-20H,9-10,12-15H2,(H,23,26)/t19-,20+/m1/s1. The molecule has 0 unspecified atom stereocenters. The Morgan fingerprint density at radius 1 is 1.10 bits per heavy atom. The first-order valence-electron chi connectivity index (χ1n) is 9.85. The van der Waals surface area contributed by atoms with E-state index in [1.54, 1.807) is 17.0 Å². The number of halogens is 1. The number of fused-ring (bicyclic) bond motifs is 1. The quantitative estimate of drug-likeness (QED) is 0.800. The molecule has 2 saturated heterocycles. The maximum atomic E-state index is 13.6. The first-order chi connectivity index (χ1) is 14.4. The van der Waals surface area contributed by atoms with Crippen molar-refractivity contribution < 1.29 is 22.3 Å². The van der Waals surface area contributed by atoms with Crippen LogP contribution in [0.2, 0.25) is 0 Å². The third-order valence-electron chi connectivity index (χ3n) is 5.44. The fourth-order valence-corrected chi connectivity index (χ4v) is 5.41. The van der Waals surface area contributed by atoms with Crippen LogP contribution in [-0.2, 0) is 27.8 Å². The molecule has 0 radical (unpaired) electrons. The summed E-state index contributed by atoms with van der Waals surface area (Å²) in [4.78, 5) is 14.2. The highest BCUT2D eigenvalue weighted by Gasteiger charge is 2.45. The van der Waals surface area contributed by atoms with E-state index in [-0.39, 0.29) is 31.5 Å². The fraction of sp³-hybridized carbons (Fsp3) is 0.381. The summed E-state index contributed by atoms with van der Waals surface area (Å²) in [6.07, 6.45) is -0.418. The molecule has 1 N–H and O–H groups in total. The minimum Gasteiger partial charge on any atom is -0.374 e. The van der Waals surface area contributed by atoms with Gasteiger partial charge in [0.1, 0.15) is 5.82 Å². The number of amides is 2. The molecule has 0 aliphatic carbocycles. The Bertz CT molecular complexity index is 1000. The van der Waals surface area contributed by atoms with Crippen LogP contribution in [0.25, 0.3) is 0 Å². The molecular weight excluding hydrogens is 409 g/mol. The van der Waals surface area contributed by atoms with Gasteiger partial charge in [0.15, 0.2) is 0 Å². The number of urea groups is 1. The Labute approximate surface area is 175 Å². The smallest absolute Gasteiger partial charge is 0.317 e. The van der Waals surface area contributed by atoms with E-state index >= 15 is 0 Å². The predicted octanol–water partition coefficient (Wildman–Crippen LogP) is 1.95. The molecule has 7 nitrogen and oxygen atoms in total. The molecule has 2 aliphatic heterocycles. The van der Waals surface area contributed by atoms with Crippen LogP contribution in [0.5, 0.6) is 0 Å². The Morgan fingerprint density at radius 2 is 1.87 bits per heavy atom. The van der Waals surface area contributed by atoms with Gasteiger partial charge < -0.3 is 15.0 Å². The van der Waals surface area contributed by atoms with Crippen molar-refractivity contribution in [3.63, 3.8) is 0 Å². The number of nitrogens with zero attached hydrogens (tertiary/aromatic N) is 2. The number of carbonyl (C=O) groups is 1. The molecular formula is C21H24FN3O4S. The summed E-state index contributed by atoms with van der Waals surface area (Å²) < 4.78 is 46.5. The summed E-state index contributed by atoms with van der Waals surface area (Å²) >= 11 is 0. The predicted molar refractivity (Wildman–Crippen MR) is 110 cm³/mol. The number of nitrogens with one attached hydrogen (secondary N) is 1. The Hall–Kier alpha value is -2.49. The highest BCUT2D eigenvalue weighted by molar-refractivity contribution is 7.89. The monoisotopic (exact) mass is 433 g/mol. The topological polar surface area (TPSA) is 79.0 Å². The first-order valence-corrected chi connectivity index (χ1v) is 11.5. The van der Waals surface area contributed by atoms with Crippen molar-refractivity contribution in [1.82, 2.24) is 14.5 Å². The third kappa shape index (κ3) is 4.63. The van der Waals surface area contributed by atoms with E-state index in [2.05, 4.69) is 5.32 Å². The van der Waals surface area contributed by atoms with E-state index in [4.69, 9.17) is 4.74 Å². The van der Waals surface area contributed by atoms with Crippen LogP contribution in [-0.4, -0.2) is 61.2 Å². The Balaban J connectivity index is 1.48. The normalized spacial score (nSPS) is 23.6. The average molecular weight is 434 g/mol. The Kier molecular flexibility index (Phi) is 6.03. The number of likely N-dealkylation sites (tertiary alicyclic amines) is 1. The van der Waals surface area contributed by atoms with Crippen LogP contribution < -0.4 is 5.32 Å². The maximum Gasteiger partial charge on any atom is 0.317 e. The van der Waals surface area contributed by atoms with Crippen LogP contribution in [0.3, 0.4) is 0 Å². The lowest BCUT2D eigenvalue weighted by Gasteiger charge is -2.28. The van der Waals surface area contributed by atoms with Gasteiger partial charge in [0.2, 0.25) is 10.0 Å². The van der Waals surface area contributed by atoms with Crippen molar-refractivity contribution in [3.05, 3.63) is 71.5 Å². The van der Waals surface area contributed by atoms with Gasteiger partial charge in [-0.3, -0.25) is 0 Å². The van der Waals surface area contributed by atoms with Gasteiger partial charge in [-0.15, -0.1) is 0 Å². The van der Waals surface area contributed by atoms with Gasteiger partial charge >= 0.3 is 6.03 Å². The van der Waals surface area contributed by atoms with E-state index in [9.17, 15) is 17.6 Å². The van der Waals surface area contributed by atoms with Gasteiger partial charge in [-0.05, 0) is 23.3 Å². The summed E-state index contributed by atoms with van der Waals surface area (Å²) in [5.41, 5.74) is 1.54. The van der Waals surface area contributed by atoms with Crippen molar-refractivity contribution in [2.24, 2.45) is 0 Å². The van der Waals surface area contributed by atoms with Crippen LogP contribution in [0, 0.1) is 5.82 Å². The summed E-state index contributed by atoms with van der Waals surface area (Å²) in [6, 6.07) is 14.7. The Morgan fingerprint density at radius 3 is 2.63 bits per heavy atom. The zero-order valence-electron chi connectivity index (χ0n) is 16.4. The minimum atomic E-state index is -3.60. The molecule has 2 aliphatic rings. The van der Waals surface area contributed by atoms with Crippen molar-refractivity contribution in [2.45, 2.75) is 25.2 Å².